The Kier molecular flexibility index (Phi) is 3.78. The van der Waals surface area contributed by atoms with E-state index in [0.29, 0.717) is 10.6 Å². The van der Waals surface area contributed by atoms with Crippen molar-refractivity contribution in [1.29, 1.82) is 0 Å². The molecule has 2 aromatic rings. The number of Topliss-reactive ketones (excluding diaryl/α,β-unsaturated/α-hetero) is 1. The Balaban J connectivity index is 2.31. The van der Waals surface area contributed by atoms with Gasteiger partial charge in [0.2, 0.25) is 0 Å². The van der Waals surface area contributed by atoms with E-state index in [1.807, 2.05) is 44.2 Å². The van der Waals surface area contributed by atoms with E-state index in [1.165, 1.54) is 0 Å². The van der Waals surface area contributed by atoms with Crippen LogP contribution in [0, 0.1) is 6.92 Å². The summed E-state index contributed by atoms with van der Waals surface area (Å²) in [5, 5.41) is 0.589. The summed E-state index contributed by atoms with van der Waals surface area (Å²) in [5.74, 6) is -0.219. The van der Waals surface area contributed by atoms with Gasteiger partial charge < -0.3 is 0 Å². The molecular weight excluding hydrogens is 246 g/mol. The van der Waals surface area contributed by atoms with Crippen molar-refractivity contribution in [3.8, 4) is 0 Å². The van der Waals surface area contributed by atoms with Crippen LogP contribution in [-0.4, -0.2) is 10.8 Å². The first-order chi connectivity index (χ1) is 8.58. The average Bonchev–Trinajstić information content (AvgIpc) is 2.37. The monoisotopic (exact) mass is 259 g/mol. The summed E-state index contributed by atoms with van der Waals surface area (Å²) in [6.45, 7) is 3.79. The maximum Gasteiger partial charge on any atom is 0.171 e. The van der Waals surface area contributed by atoms with Crippen LogP contribution >= 0.6 is 11.6 Å². The third-order valence-corrected chi connectivity index (χ3v) is 3.07. The van der Waals surface area contributed by atoms with Crippen molar-refractivity contribution in [2.75, 3.05) is 0 Å². The van der Waals surface area contributed by atoms with E-state index in [2.05, 4.69) is 4.98 Å². The molecule has 0 amide bonds. The maximum absolute atomic E-state index is 12.4. The summed E-state index contributed by atoms with van der Waals surface area (Å²) < 4.78 is 0. The molecular formula is C15H14ClNO. The first-order valence-corrected chi connectivity index (χ1v) is 6.18. The van der Waals surface area contributed by atoms with Gasteiger partial charge in [-0.25, -0.2) is 0 Å². The van der Waals surface area contributed by atoms with E-state index < -0.39 is 0 Å². The van der Waals surface area contributed by atoms with Gasteiger partial charge in [0.15, 0.2) is 5.78 Å². The lowest BCUT2D eigenvalue weighted by molar-refractivity contribution is 0.0964. The fourth-order valence-corrected chi connectivity index (χ4v) is 2.18. The Morgan fingerprint density at radius 1 is 1.28 bits per heavy atom. The van der Waals surface area contributed by atoms with Crippen LogP contribution in [0.15, 0.2) is 42.6 Å². The Labute approximate surface area is 112 Å². The number of halogens is 1. The smallest absolute Gasteiger partial charge is 0.171 e. The highest BCUT2D eigenvalue weighted by molar-refractivity contribution is 6.31. The Morgan fingerprint density at radius 2 is 2.06 bits per heavy atom. The lowest BCUT2D eigenvalue weighted by Crippen LogP contribution is -2.11. The SMILES string of the molecule is Cc1cc(Cl)cc(C(=O)C(C)c2ccccn2)c1. The molecule has 0 aliphatic carbocycles. The zero-order valence-electron chi connectivity index (χ0n) is 10.4. The molecule has 1 heterocycles. The molecule has 0 aliphatic heterocycles. The van der Waals surface area contributed by atoms with Crippen LogP contribution < -0.4 is 0 Å². The molecule has 1 aromatic heterocycles. The van der Waals surface area contributed by atoms with Gasteiger partial charge in [0, 0.05) is 16.8 Å². The van der Waals surface area contributed by atoms with Crippen LogP contribution in [0.5, 0.6) is 0 Å². The van der Waals surface area contributed by atoms with Crippen LogP contribution in [-0.2, 0) is 0 Å². The van der Waals surface area contributed by atoms with Crippen molar-refractivity contribution in [1.82, 2.24) is 4.98 Å². The van der Waals surface area contributed by atoms with Crippen molar-refractivity contribution < 1.29 is 4.79 Å². The number of ketones is 1. The third kappa shape index (κ3) is 2.77. The zero-order chi connectivity index (χ0) is 13.1. The normalized spacial score (nSPS) is 12.2. The molecule has 0 aliphatic rings. The summed E-state index contributed by atoms with van der Waals surface area (Å²) in [6.07, 6.45) is 1.70. The van der Waals surface area contributed by atoms with E-state index >= 15 is 0 Å². The average molecular weight is 260 g/mol. The van der Waals surface area contributed by atoms with E-state index in [1.54, 1.807) is 12.3 Å². The number of carbonyl (C=O) groups excluding carboxylic acids is 1. The van der Waals surface area contributed by atoms with Crippen LogP contribution in [0.3, 0.4) is 0 Å². The van der Waals surface area contributed by atoms with E-state index in [9.17, 15) is 4.79 Å². The summed E-state index contributed by atoms with van der Waals surface area (Å²) in [4.78, 5) is 16.6. The lowest BCUT2D eigenvalue weighted by atomic mass is 9.95. The number of hydrogen-bond acceptors (Lipinski definition) is 2. The van der Waals surface area contributed by atoms with Gasteiger partial charge in [-0.2, -0.15) is 0 Å². The number of aryl methyl sites for hydroxylation is 1. The van der Waals surface area contributed by atoms with Crippen molar-refractivity contribution in [2.24, 2.45) is 0 Å². The van der Waals surface area contributed by atoms with Gasteiger partial charge in [-0.05, 0) is 49.7 Å². The largest absolute Gasteiger partial charge is 0.293 e. The van der Waals surface area contributed by atoms with Crippen LogP contribution in [0.2, 0.25) is 5.02 Å². The molecule has 18 heavy (non-hydrogen) atoms. The fraction of sp³-hybridized carbons (Fsp3) is 0.200. The Bertz CT molecular complexity index is 546. The number of rotatable bonds is 3. The fourth-order valence-electron chi connectivity index (χ4n) is 1.90. The van der Waals surface area contributed by atoms with Crippen molar-refractivity contribution >= 4 is 17.4 Å². The Hall–Kier alpha value is -1.67. The van der Waals surface area contributed by atoms with Gasteiger partial charge >= 0.3 is 0 Å². The number of pyridine rings is 1. The number of nitrogens with zero attached hydrogens (tertiary/aromatic N) is 1. The molecule has 92 valence electrons. The maximum atomic E-state index is 12.4. The summed E-state index contributed by atoms with van der Waals surface area (Å²) in [5.41, 5.74) is 2.40. The van der Waals surface area contributed by atoms with E-state index in [0.717, 1.165) is 11.3 Å². The van der Waals surface area contributed by atoms with E-state index in [-0.39, 0.29) is 11.7 Å². The molecule has 1 unspecified atom stereocenters. The minimum atomic E-state index is -0.260. The molecule has 1 aromatic carbocycles. The minimum absolute atomic E-state index is 0.0410. The zero-order valence-corrected chi connectivity index (χ0v) is 11.1. The number of aromatic nitrogens is 1. The van der Waals surface area contributed by atoms with Crippen molar-refractivity contribution in [3.63, 3.8) is 0 Å². The van der Waals surface area contributed by atoms with Crippen LogP contribution in [0.25, 0.3) is 0 Å². The molecule has 2 rings (SSSR count). The standard InChI is InChI=1S/C15H14ClNO/c1-10-7-12(9-13(16)8-10)15(18)11(2)14-5-3-4-6-17-14/h3-9,11H,1-2H3. The highest BCUT2D eigenvalue weighted by Crippen LogP contribution is 2.22. The molecule has 0 fully saturated rings. The van der Waals surface area contributed by atoms with E-state index in [4.69, 9.17) is 11.6 Å². The second-order valence-electron chi connectivity index (χ2n) is 4.36. The number of hydrogen-bond donors (Lipinski definition) is 0. The minimum Gasteiger partial charge on any atom is -0.293 e. The molecule has 1 atom stereocenters. The van der Waals surface area contributed by atoms with Gasteiger partial charge in [-0.3, -0.25) is 9.78 Å². The van der Waals surface area contributed by atoms with Crippen molar-refractivity contribution in [3.05, 3.63) is 64.4 Å². The molecule has 0 saturated heterocycles. The summed E-state index contributed by atoms with van der Waals surface area (Å²) >= 11 is 5.98. The summed E-state index contributed by atoms with van der Waals surface area (Å²) in [7, 11) is 0. The topological polar surface area (TPSA) is 30.0 Å². The molecule has 0 radical (unpaired) electrons. The van der Waals surface area contributed by atoms with Gasteiger partial charge in [0.25, 0.3) is 0 Å². The summed E-state index contributed by atoms with van der Waals surface area (Å²) in [6, 6.07) is 11.0. The predicted molar refractivity (Wildman–Crippen MR) is 73.2 cm³/mol. The lowest BCUT2D eigenvalue weighted by Gasteiger charge is -2.10. The second kappa shape index (κ2) is 5.32. The first kappa shape index (κ1) is 12.8. The molecule has 3 heteroatoms. The van der Waals surface area contributed by atoms with Gasteiger partial charge in [0.1, 0.15) is 0 Å². The highest BCUT2D eigenvalue weighted by Gasteiger charge is 2.18. The van der Waals surface area contributed by atoms with Crippen LogP contribution in [0.4, 0.5) is 0 Å². The molecule has 0 bridgehead atoms. The quantitative estimate of drug-likeness (QED) is 0.779. The second-order valence-corrected chi connectivity index (χ2v) is 4.79. The molecule has 0 saturated carbocycles. The van der Waals surface area contributed by atoms with Gasteiger partial charge in [0.05, 0.1) is 11.6 Å². The Morgan fingerprint density at radius 3 is 2.67 bits per heavy atom. The molecule has 0 N–H and O–H groups in total. The van der Waals surface area contributed by atoms with Gasteiger partial charge in [-0.15, -0.1) is 0 Å². The predicted octanol–water partition coefficient (Wildman–Crippen LogP) is 4.03. The molecule has 2 nitrogen and oxygen atoms in total. The number of carbonyl (C=O) groups is 1. The number of benzene rings is 1. The van der Waals surface area contributed by atoms with Gasteiger partial charge in [-0.1, -0.05) is 17.7 Å². The molecule has 0 spiro atoms. The third-order valence-electron chi connectivity index (χ3n) is 2.85. The van der Waals surface area contributed by atoms with Crippen LogP contribution in [0.1, 0.15) is 34.5 Å². The highest BCUT2D eigenvalue weighted by atomic mass is 35.5. The van der Waals surface area contributed by atoms with Crippen molar-refractivity contribution in [2.45, 2.75) is 19.8 Å². The first-order valence-electron chi connectivity index (χ1n) is 5.80.